The van der Waals surface area contributed by atoms with Crippen molar-refractivity contribution in [2.45, 2.75) is 6.43 Å². The Hall–Kier alpha value is -1.76. The van der Waals surface area contributed by atoms with Crippen molar-refractivity contribution in [2.75, 3.05) is 0 Å². The maximum Gasteiger partial charge on any atom is 0.263 e. The SMILES string of the molecule is Fc1c(F)c(F)c(-c2cc(Cl)cc(C(F)F)c2)c(F)c1F. The van der Waals surface area contributed by atoms with Gasteiger partial charge in [-0.1, -0.05) is 11.6 Å². The number of hydrogen-bond acceptors (Lipinski definition) is 0. The minimum atomic E-state index is -3.02. The van der Waals surface area contributed by atoms with Crippen LogP contribution in [0.25, 0.3) is 11.1 Å². The predicted octanol–water partition coefficient (Wildman–Crippen LogP) is 5.64. The van der Waals surface area contributed by atoms with Gasteiger partial charge in [-0.05, 0) is 23.8 Å². The van der Waals surface area contributed by atoms with Gasteiger partial charge in [-0.15, -0.1) is 0 Å². The van der Waals surface area contributed by atoms with Crippen LogP contribution in [0, 0.1) is 29.1 Å². The molecule has 2 aromatic carbocycles. The lowest BCUT2D eigenvalue weighted by atomic mass is 10.0. The molecule has 2 rings (SSSR count). The summed E-state index contributed by atoms with van der Waals surface area (Å²) in [6, 6.07) is 2.25. The summed E-state index contributed by atoms with van der Waals surface area (Å²) in [5, 5.41) is -0.327. The maximum absolute atomic E-state index is 13.6. The molecule has 2 aromatic rings. The van der Waals surface area contributed by atoms with Gasteiger partial charge >= 0.3 is 0 Å². The Kier molecular flexibility index (Phi) is 4.13. The van der Waals surface area contributed by atoms with Gasteiger partial charge < -0.3 is 0 Å². The summed E-state index contributed by atoms with van der Waals surface area (Å²) in [6.07, 6.45) is -3.02. The number of hydrogen-bond donors (Lipinski definition) is 0. The minimum Gasteiger partial charge on any atom is -0.205 e. The standard InChI is InChI=1S/C13H4ClF7/c14-6-2-4(1-5(3-6)13(20)21)7-8(15)10(17)12(19)11(18)9(7)16/h1-3,13H. The lowest BCUT2D eigenvalue weighted by Crippen LogP contribution is -2.04. The third kappa shape index (κ3) is 2.70. The van der Waals surface area contributed by atoms with Crippen molar-refractivity contribution in [1.82, 2.24) is 0 Å². The molecule has 0 bridgehead atoms. The van der Waals surface area contributed by atoms with Crippen molar-refractivity contribution in [2.24, 2.45) is 0 Å². The van der Waals surface area contributed by atoms with Gasteiger partial charge in [-0.3, -0.25) is 0 Å². The first-order valence-corrected chi connectivity index (χ1v) is 5.72. The summed E-state index contributed by atoms with van der Waals surface area (Å²) in [4.78, 5) is 0. The Bertz CT molecular complexity index is 683. The summed E-state index contributed by atoms with van der Waals surface area (Å²) in [7, 11) is 0. The second kappa shape index (κ2) is 5.55. The van der Waals surface area contributed by atoms with E-state index in [1.807, 2.05) is 0 Å². The monoisotopic (exact) mass is 328 g/mol. The van der Waals surface area contributed by atoms with E-state index in [1.54, 1.807) is 0 Å². The molecule has 8 heteroatoms. The van der Waals surface area contributed by atoms with Crippen LogP contribution in [0.1, 0.15) is 12.0 Å². The van der Waals surface area contributed by atoms with E-state index in [-0.39, 0.29) is 5.02 Å². The molecule has 0 radical (unpaired) electrons. The first kappa shape index (κ1) is 15.6. The van der Waals surface area contributed by atoms with Crippen LogP contribution in [0.4, 0.5) is 30.7 Å². The lowest BCUT2D eigenvalue weighted by Gasteiger charge is -2.10. The van der Waals surface area contributed by atoms with Crippen LogP contribution in [0.3, 0.4) is 0 Å². The van der Waals surface area contributed by atoms with E-state index in [9.17, 15) is 30.7 Å². The molecule has 21 heavy (non-hydrogen) atoms. The zero-order valence-corrected chi connectivity index (χ0v) is 10.6. The van der Waals surface area contributed by atoms with E-state index in [4.69, 9.17) is 11.6 Å². The molecule has 0 fully saturated rings. The molecule has 0 saturated heterocycles. The van der Waals surface area contributed by atoms with E-state index in [1.165, 1.54) is 0 Å². The van der Waals surface area contributed by atoms with Gasteiger partial charge in [0.05, 0.1) is 5.56 Å². The van der Waals surface area contributed by atoms with Crippen LogP contribution < -0.4 is 0 Å². The molecule has 0 nitrogen and oxygen atoms in total. The molecule has 0 aliphatic rings. The summed E-state index contributed by atoms with van der Waals surface area (Å²) < 4.78 is 91.6. The normalized spacial score (nSPS) is 11.3. The molecular weight excluding hydrogens is 325 g/mol. The maximum atomic E-state index is 13.6. The number of halogens is 8. The topological polar surface area (TPSA) is 0 Å². The van der Waals surface area contributed by atoms with E-state index in [2.05, 4.69) is 0 Å². The number of alkyl halides is 2. The number of benzene rings is 2. The molecule has 0 amide bonds. The summed E-state index contributed by atoms with van der Waals surface area (Å²) in [5.74, 6) is -10.9. The zero-order chi connectivity index (χ0) is 15.9. The Morgan fingerprint density at radius 3 is 1.67 bits per heavy atom. The molecule has 0 atom stereocenters. The van der Waals surface area contributed by atoms with E-state index >= 15 is 0 Å². The fraction of sp³-hybridized carbons (Fsp3) is 0.0769. The predicted molar refractivity (Wildman–Crippen MR) is 61.6 cm³/mol. The summed E-state index contributed by atoms with van der Waals surface area (Å²) in [5.41, 5.74) is -2.65. The quantitative estimate of drug-likeness (QED) is 0.380. The number of rotatable bonds is 2. The Morgan fingerprint density at radius 1 is 0.714 bits per heavy atom. The first-order valence-electron chi connectivity index (χ1n) is 5.34. The van der Waals surface area contributed by atoms with Crippen LogP contribution in [-0.2, 0) is 0 Å². The van der Waals surface area contributed by atoms with Gasteiger partial charge in [0.15, 0.2) is 23.3 Å². The molecular formula is C13H4ClF7. The highest BCUT2D eigenvalue weighted by atomic mass is 35.5. The molecule has 0 spiro atoms. The van der Waals surface area contributed by atoms with Crippen LogP contribution in [0.15, 0.2) is 18.2 Å². The average molecular weight is 329 g/mol. The third-order valence-corrected chi connectivity index (χ3v) is 2.89. The molecule has 0 heterocycles. The highest BCUT2D eigenvalue weighted by molar-refractivity contribution is 6.31. The second-order valence-corrected chi connectivity index (χ2v) is 4.46. The highest BCUT2D eigenvalue weighted by Crippen LogP contribution is 2.35. The molecule has 0 aliphatic carbocycles. The fourth-order valence-corrected chi connectivity index (χ4v) is 1.98. The molecule has 0 unspecified atom stereocenters. The average Bonchev–Trinajstić information content (AvgIpc) is 2.42. The van der Waals surface area contributed by atoms with Crippen LogP contribution >= 0.6 is 11.6 Å². The molecule has 0 aliphatic heterocycles. The highest BCUT2D eigenvalue weighted by Gasteiger charge is 2.27. The van der Waals surface area contributed by atoms with Crippen molar-refractivity contribution in [3.63, 3.8) is 0 Å². The van der Waals surface area contributed by atoms with E-state index in [0.29, 0.717) is 6.07 Å². The second-order valence-electron chi connectivity index (χ2n) is 4.02. The van der Waals surface area contributed by atoms with E-state index in [0.717, 1.165) is 12.1 Å². The van der Waals surface area contributed by atoms with Gasteiger partial charge in [-0.25, -0.2) is 30.7 Å². The first-order chi connectivity index (χ1) is 9.73. The van der Waals surface area contributed by atoms with Crippen LogP contribution in [-0.4, -0.2) is 0 Å². The van der Waals surface area contributed by atoms with Gasteiger partial charge in [0.2, 0.25) is 5.82 Å². The Balaban J connectivity index is 2.79. The van der Waals surface area contributed by atoms with Crippen molar-refractivity contribution in [3.05, 3.63) is 57.9 Å². The molecule has 0 saturated carbocycles. The minimum absolute atomic E-state index is 0.327. The largest absolute Gasteiger partial charge is 0.263 e. The van der Waals surface area contributed by atoms with E-state index < -0.39 is 52.2 Å². The van der Waals surface area contributed by atoms with Crippen LogP contribution in [0.5, 0.6) is 0 Å². The Labute approximate surface area is 118 Å². The summed E-state index contributed by atoms with van der Waals surface area (Å²) in [6.45, 7) is 0. The van der Waals surface area contributed by atoms with Crippen molar-refractivity contribution in [1.29, 1.82) is 0 Å². The lowest BCUT2D eigenvalue weighted by molar-refractivity contribution is 0.151. The van der Waals surface area contributed by atoms with Crippen molar-refractivity contribution < 1.29 is 30.7 Å². The Morgan fingerprint density at radius 2 is 1.19 bits per heavy atom. The molecule has 0 N–H and O–H groups in total. The van der Waals surface area contributed by atoms with Crippen LogP contribution in [0.2, 0.25) is 5.02 Å². The molecule has 0 aromatic heterocycles. The summed E-state index contributed by atoms with van der Waals surface area (Å²) >= 11 is 5.52. The molecule has 112 valence electrons. The third-order valence-electron chi connectivity index (χ3n) is 2.67. The van der Waals surface area contributed by atoms with Gasteiger partial charge in [0.25, 0.3) is 6.43 Å². The van der Waals surface area contributed by atoms with Crippen molar-refractivity contribution in [3.8, 4) is 11.1 Å². The van der Waals surface area contributed by atoms with Gasteiger partial charge in [0, 0.05) is 10.6 Å². The smallest absolute Gasteiger partial charge is 0.205 e. The van der Waals surface area contributed by atoms with Crippen molar-refractivity contribution >= 4 is 11.6 Å². The van der Waals surface area contributed by atoms with Gasteiger partial charge in [-0.2, -0.15) is 0 Å². The zero-order valence-electron chi connectivity index (χ0n) is 9.83. The van der Waals surface area contributed by atoms with Gasteiger partial charge in [0.1, 0.15) is 0 Å². The fourth-order valence-electron chi connectivity index (χ4n) is 1.74.